The van der Waals surface area contributed by atoms with Gasteiger partial charge in [-0.05, 0) is 32.0 Å². The van der Waals surface area contributed by atoms with Crippen LogP contribution in [0.5, 0.6) is 0 Å². The largest absolute Gasteiger partial charge is 0.323 e. The number of rotatable bonds is 3. The Morgan fingerprint density at radius 1 is 1.10 bits per heavy atom. The molecule has 1 aromatic heterocycles. The Bertz CT molecular complexity index is 828. The number of urea groups is 1. The molecule has 8 nitrogen and oxygen atoms in total. The highest BCUT2D eigenvalue weighted by Crippen LogP contribution is 2.21. The maximum atomic E-state index is 13.0. The smallest absolute Gasteiger partial charge is 0.321 e. The number of nitrogens with zero attached hydrogens (tertiary/aromatic N) is 6. The van der Waals surface area contributed by atoms with Gasteiger partial charge in [0.05, 0.1) is 0 Å². The molecule has 8 heteroatoms. The second-order valence-corrected chi connectivity index (χ2v) is 8.19. The summed E-state index contributed by atoms with van der Waals surface area (Å²) in [5, 5.41) is 7.43. The van der Waals surface area contributed by atoms with Gasteiger partial charge in [-0.2, -0.15) is 5.10 Å². The number of anilines is 1. The van der Waals surface area contributed by atoms with Gasteiger partial charge in [-0.3, -0.25) is 9.58 Å². The van der Waals surface area contributed by atoms with E-state index in [-0.39, 0.29) is 6.03 Å². The quantitative estimate of drug-likeness (QED) is 0.859. The number of hydrogen-bond donors (Lipinski definition) is 1. The van der Waals surface area contributed by atoms with Gasteiger partial charge in [-0.25, -0.2) is 9.78 Å². The first-order chi connectivity index (χ1) is 14.1. The molecule has 1 N–H and O–H groups in total. The second kappa shape index (κ2) is 8.92. The first-order valence-electron chi connectivity index (χ1n) is 10.5. The van der Waals surface area contributed by atoms with E-state index in [9.17, 15) is 4.79 Å². The molecule has 1 atom stereocenters. The van der Waals surface area contributed by atoms with Crippen LogP contribution in [0.15, 0.2) is 30.6 Å². The van der Waals surface area contributed by atoms with Gasteiger partial charge in [0.15, 0.2) is 5.82 Å². The SMILES string of the molecule is CN1CCN(C2CCCCN(C(=O)Nc3cccc(-c4ncn(C)n4)c3)C2)CC1. The van der Waals surface area contributed by atoms with Crippen LogP contribution in [0.3, 0.4) is 0 Å². The Labute approximate surface area is 172 Å². The van der Waals surface area contributed by atoms with E-state index < -0.39 is 0 Å². The zero-order valence-electron chi connectivity index (χ0n) is 17.4. The van der Waals surface area contributed by atoms with Crippen LogP contribution in [0.25, 0.3) is 11.4 Å². The van der Waals surface area contributed by atoms with Gasteiger partial charge >= 0.3 is 6.03 Å². The molecule has 2 aromatic rings. The standard InChI is InChI=1S/C21H31N7O/c1-25-10-12-27(13-11-25)19-8-3-4-9-28(15-19)21(29)23-18-7-5-6-17(14-18)20-22-16-26(2)24-20/h5-7,14,16,19H,3-4,8-13,15H2,1-2H3,(H,23,29). The summed E-state index contributed by atoms with van der Waals surface area (Å²) < 4.78 is 1.68. The van der Waals surface area contributed by atoms with Gasteiger partial charge in [-0.15, -0.1) is 0 Å². The highest BCUT2D eigenvalue weighted by Gasteiger charge is 2.28. The molecule has 2 aliphatic rings. The Kier molecular flexibility index (Phi) is 6.10. The maximum absolute atomic E-state index is 13.0. The van der Waals surface area contributed by atoms with E-state index >= 15 is 0 Å². The Balaban J connectivity index is 1.41. The molecular formula is C21H31N7O. The Morgan fingerprint density at radius 3 is 2.69 bits per heavy atom. The molecule has 2 amide bonds. The molecule has 0 aliphatic carbocycles. The van der Waals surface area contributed by atoms with Crippen LogP contribution in [0.2, 0.25) is 0 Å². The van der Waals surface area contributed by atoms with Crippen molar-refractivity contribution in [2.75, 3.05) is 51.6 Å². The molecule has 156 valence electrons. The van der Waals surface area contributed by atoms with Gasteiger partial charge < -0.3 is 15.1 Å². The van der Waals surface area contributed by atoms with Crippen LogP contribution in [-0.4, -0.2) is 87.9 Å². The van der Waals surface area contributed by atoms with Gasteiger partial charge in [-0.1, -0.05) is 18.6 Å². The molecule has 3 heterocycles. The zero-order chi connectivity index (χ0) is 20.2. The lowest BCUT2D eigenvalue weighted by Gasteiger charge is -2.39. The molecular weight excluding hydrogens is 366 g/mol. The van der Waals surface area contributed by atoms with Crippen LogP contribution in [0.4, 0.5) is 10.5 Å². The number of nitrogens with one attached hydrogen (secondary N) is 1. The number of hydrogen-bond acceptors (Lipinski definition) is 5. The molecule has 2 aliphatic heterocycles. The highest BCUT2D eigenvalue weighted by atomic mass is 16.2. The van der Waals surface area contributed by atoms with Crippen LogP contribution in [0, 0.1) is 0 Å². The number of aryl methyl sites for hydroxylation is 1. The summed E-state index contributed by atoms with van der Waals surface area (Å²) in [6, 6.07) is 8.18. The van der Waals surface area contributed by atoms with E-state index in [4.69, 9.17) is 0 Å². The van der Waals surface area contributed by atoms with E-state index in [0.29, 0.717) is 11.9 Å². The minimum atomic E-state index is -0.0165. The highest BCUT2D eigenvalue weighted by molar-refractivity contribution is 5.90. The van der Waals surface area contributed by atoms with Crippen molar-refractivity contribution in [2.45, 2.75) is 25.3 Å². The molecule has 29 heavy (non-hydrogen) atoms. The van der Waals surface area contributed by atoms with E-state index in [1.54, 1.807) is 11.0 Å². The number of amides is 2. The summed E-state index contributed by atoms with van der Waals surface area (Å²) in [6.45, 7) is 6.02. The zero-order valence-corrected chi connectivity index (χ0v) is 17.4. The maximum Gasteiger partial charge on any atom is 0.321 e. The Hall–Kier alpha value is -2.45. The summed E-state index contributed by atoms with van der Waals surface area (Å²) in [6.07, 6.45) is 5.10. The predicted molar refractivity (Wildman–Crippen MR) is 114 cm³/mol. The third kappa shape index (κ3) is 4.94. The predicted octanol–water partition coefficient (Wildman–Crippen LogP) is 2.12. The van der Waals surface area contributed by atoms with E-state index in [0.717, 1.165) is 56.9 Å². The average Bonchev–Trinajstić information content (AvgIpc) is 3.01. The number of likely N-dealkylation sites (tertiary alicyclic amines) is 1. The van der Waals surface area contributed by atoms with Gasteiger partial charge in [0.1, 0.15) is 6.33 Å². The lowest BCUT2D eigenvalue weighted by Crippen LogP contribution is -2.52. The van der Waals surface area contributed by atoms with Crippen molar-refractivity contribution < 1.29 is 4.79 Å². The van der Waals surface area contributed by atoms with E-state index in [1.807, 2.05) is 36.2 Å². The Morgan fingerprint density at radius 2 is 1.93 bits per heavy atom. The summed E-state index contributed by atoms with van der Waals surface area (Å²) >= 11 is 0. The van der Waals surface area contributed by atoms with Crippen LogP contribution >= 0.6 is 0 Å². The summed E-state index contributed by atoms with van der Waals surface area (Å²) in [7, 11) is 4.02. The molecule has 2 fully saturated rings. The van der Waals surface area contributed by atoms with Crippen molar-refractivity contribution >= 4 is 11.7 Å². The van der Waals surface area contributed by atoms with E-state index in [1.165, 1.54) is 12.8 Å². The molecule has 1 unspecified atom stereocenters. The monoisotopic (exact) mass is 397 g/mol. The van der Waals surface area contributed by atoms with Crippen LogP contribution in [-0.2, 0) is 7.05 Å². The number of aromatic nitrogens is 3. The first kappa shape index (κ1) is 19.8. The van der Waals surface area contributed by atoms with Crippen molar-refractivity contribution in [3.8, 4) is 11.4 Å². The van der Waals surface area contributed by atoms with Crippen LogP contribution < -0.4 is 5.32 Å². The fraction of sp³-hybridized carbons (Fsp3) is 0.571. The second-order valence-electron chi connectivity index (χ2n) is 8.19. The van der Waals surface area contributed by atoms with Gasteiger partial charge in [0, 0.05) is 63.6 Å². The van der Waals surface area contributed by atoms with Gasteiger partial charge in [0.2, 0.25) is 0 Å². The minimum absolute atomic E-state index is 0.0165. The third-order valence-electron chi connectivity index (χ3n) is 5.96. The van der Waals surface area contributed by atoms with E-state index in [2.05, 4.69) is 32.2 Å². The lowest BCUT2D eigenvalue weighted by atomic mass is 10.1. The topological polar surface area (TPSA) is 69.5 Å². The number of carbonyl (C=O) groups excluding carboxylic acids is 1. The molecule has 0 bridgehead atoms. The van der Waals surface area contributed by atoms with Crippen molar-refractivity contribution in [3.05, 3.63) is 30.6 Å². The summed E-state index contributed by atoms with van der Waals surface area (Å²) in [5.41, 5.74) is 1.68. The molecule has 0 spiro atoms. The summed E-state index contributed by atoms with van der Waals surface area (Å²) in [4.78, 5) is 24.2. The fourth-order valence-corrected chi connectivity index (χ4v) is 4.20. The first-order valence-corrected chi connectivity index (χ1v) is 10.5. The lowest BCUT2D eigenvalue weighted by molar-refractivity contribution is 0.0948. The number of piperazine rings is 1. The molecule has 4 rings (SSSR count). The number of benzene rings is 1. The van der Waals surface area contributed by atoms with Crippen molar-refractivity contribution in [1.29, 1.82) is 0 Å². The minimum Gasteiger partial charge on any atom is -0.323 e. The normalized spacial score (nSPS) is 21.7. The van der Waals surface area contributed by atoms with Crippen molar-refractivity contribution in [1.82, 2.24) is 29.5 Å². The third-order valence-corrected chi connectivity index (χ3v) is 5.96. The van der Waals surface area contributed by atoms with Crippen molar-refractivity contribution in [2.24, 2.45) is 7.05 Å². The average molecular weight is 398 g/mol. The van der Waals surface area contributed by atoms with Crippen molar-refractivity contribution in [3.63, 3.8) is 0 Å². The molecule has 1 aromatic carbocycles. The molecule has 0 radical (unpaired) electrons. The van der Waals surface area contributed by atoms with Gasteiger partial charge in [0.25, 0.3) is 0 Å². The molecule has 2 saturated heterocycles. The fourth-order valence-electron chi connectivity index (χ4n) is 4.20. The number of likely N-dealkylation sites (N-methyl/N-ethyl adjacent to an activating group) is 1. The summed E-state index contributed by atoms with van der Waals surface area (Å²) in [5.74, 6) is 0.661. The number of carbonyl (C=O) groups is 1. The molecule has 0 saturated carbocycles. The van der Waals surface area contributed by atoms with Crippen LogP contribution in [0.1, 0.15) is 19.3 Å².